The van der Waals surface area contributed by atoms with E-state index >= 15 is 0 Å². The second kappa shape index (κ2) is 8.25. The lowest BCUT2D eigenvalue weighted by Gasteiger charge is -2.24. The van der Waals surface area contributed by atoms with E-state index in [1.807, 2.05) is 30.3 Å². The molecule has 1 unspecified atom stereocenters. The zero-order chi connectivity index (χ0) is 23.0. The summed E-state index contributed by atoms with van der Waals surface area (Å²) in [5, 5.41) is 2.92. The Morgan fingerprint density at radius 3 is 2.33 bits per heavy atom. The number of amidine groups is 1. The first-order valence-corrected chi connectivity index (χ1v) is 11.9. The Hall–Kier alpha value is -3.85. The van der Waals surface area contributed by atoms with Crippen LogP contribution in [0.2, 0.25) is 0 Å². The lowest BCUT2D eigenvalue weighted by Crippen LogP contribution is -2.37. The number of hydrogen-bond acceptors (Lipinski definition) is 6. The molecule has 2 atom stereocenters. The summed E-state index contributed by atoms with van der Waals surface area (Å²) in [6.45, 7) is 0.206. The van der Waals surface area contributed by atoms with Crippen molar-refractivity contribution >= 4 is 33.2 Å². The van der Waals surface area contributed by atoms with Gasteiger partial charge in [-0.2, -0.15) is 8.42 Å². The summed E-state index contributed by atoms with van der Waals surface area (Å²) in [7, 11) is -4.03. The highest BCUT2D eigenvalue weighted by Gasteiger charge is 2.50. The normalized spacial score (nSPS) is 21.3. The molecule has 5 rings (SSSR count). The fourth-order valence-electron chi connectivity index (χ4n) is 4.22. The van der Waals surface area contributed by atoms with E-state index in [-0.39, 0.29) is 23.1 Å². The highest BCUT2D eigenvalue weighted by Crippen LogP contribution is 2.33. The Labute approximate surface area is 191 Å². The van der Waals surface area contributed by atoms with Crippen molar-refractivity contribution in [2.24, 2.45) is 10.3 Å². The zero-order valence-electron chi connectivity index (χ0n) is 17.5. The minimum Gasteiger partial charge on any atom is -0.341 e. The van der Waals surface area contributed by atoms with Crippen molar-refractivity contribution in [2.75, 3.05) is 5.32 Å². The predicted molar refractivity (Wildman–Crippen MR) is 122 cm³/mol. The van der Waals surface area contributed by atoms with Crippen LogP contribution >= 0.6 is 0 Å². The van der Waals surface area contributed by atoms with Gasteiger partial charge in [0.1, 0.15) is 10.7 Å². The third-order valence-electron chi connectivity index (χ3n) is 5.81. The average Bonchev–Trinajstić information content (AvgIpc) is 3.04. The van der Waals surface area contributed by atoms with Gasteiger partial charge in [0, 0.05) is 25.4 Å². The summed E-state index contributed by atoms with van der Waals surface area (Å²) in [5.74, 6) is -2.32. The minimum atomic E-state index is -4.03. The summed E-state index contributed by atoms with van der Waals surface area (Å²) in [4.78, 5) is 32.6. The maximum atomic E-state index is 13.6. The molecule has 1 aromatic heterocycles. The van der Waals surface area contributed by atoms with Crippen LogP contribution in [0.15, 0.2) is 88.4 Å². The summed E-state index contributed by atoms with van der Waals surface area (Å²) in [6, 6.07) is 18.5. The SMILES string of the molecule is O=C1C(C2=NS(=O)(=O)c3ccccc3N2)C(=O)N(Cc2ccncc2)[C@H]1Cc1ccccc1. The fourth-order valence-corrected chi connectivity index (χ4v) is 5.37. The van der Waals surface area contributed by atoms with Gasteiger partial charge < -0.3 is 10.2 Å². The number of nitrogens with zero attached hydrogens (tertiary/aromatic N) is 3. The molecule has 33 heavy (non-hydrogen) atoms. The number of carbonyl (C=O) groups is 2. The van der Waals surface area contributed by atoms with Crippen molar-refractivity contribution in [3.8, 4) is 0 Å². The number of sulfonamides is 1. The Bertz CT molecular complexity index is 1300. The summed E-state index contributed by atoms with van der Waals surface area (Å²) >= 11 is 0. The van der Waals surface area contributed by atoms with Crippen LogP contribution in [0.4, 0.5) is 5.69 Å². The largest absolute Gasteiger partial charge is 0.341 e. The molecule has 0 saturated carbocycles. The van der Waals surface area contributed by atoms with Gasteiger partial charge in [-0.25, -0.2) is 0 Å². The Morgan fingerprint density at radius 2 is 1.58 bits per heavy atom. The fraction of sp³-hybridized carbons (Fsp3) is 0.167. The van der Waals surface area contributed by atoms with Crippen molar-refractivity contribution in [2.45, 2.75) is 23.9 Å². The molecule has 0 spiro atoms. The molecule has 9 heteroatoms. The number of ketones is 1. The van der Waals surface area contributed by atoms with Gasteiger partial charge in [-0.3, -0.25) is 14.6 Å². The van der Waals surface area contributed by atoms with Crippen LogP contribution in [0.3, 0.4) is 0 Å². The van der Waals surface area contributed by atoms with Crippen LogP contribution in [0.25, 0.3) is 0 Å². The molecule has 1 fully saturated rings. The van der Waals surface area contributed by atoms with Crippen LogP contribution in [-0.4, -0.2) is 41.9 Å². The van der Waals surface area contributed by atoms with E-state index in [1.165, 1.54) is 11.0 Å². The molecule has 1 N–H and O–H groups in total. The molecule has 3 aromatic rings. The molecule has 2 aromatic carbocycles. The number of fused-ring (bicyclic) bond motifs is 1. The highest BCUT2D eigenvalue weighted by molar-refractivity contribution is 7.90. The Balaban J connectivity index is 1.53. The third kappa shape index (κ3) is 3.91. The number of carbonyl (C=O) groups excluding carboxylic acids is 2. The van der Waals surface area contributed by atoms with Gasteiger partial charge in [0.05, 0.1) is 11.7 Å². The number of Topliss-reactive ketones (excluding diaryl/α,β-unsaturated/α-hetero) is 1. The Kier molecular flexibility index (Phi) is 5.26. The number of benzene rings is 2. The van der Waals surface area contributed by atoms with E-state index in [9.17, 15) is 18.0 Å². The van der Waals surface area contributed by atoms with Crippen LogP contribution in [-0.2, 0) is 32.6 Å². The van der Waals surface area contributed by atoms with Gasteiger partial charge in [-0.15, -0.1) is 4.40 Å². The highest BCUT2D eigenvalue weighted by atomic mass is 32.2. The van der Waals surface area contributed by atoms with Gasteiger partial charge in [0.15, 0.2) is 11.7 Å². The minimum absolute atomic E-state index is 0.0149. The van der Waals surface area contributed by atoms with E-state index in [1.54, 1.807) is 42.7 Å². The summed E-state index contributed by atoms with van der Waals surface area (Å²) in [6.07, 6.45) is 3.57. The average molecular weight is 461 g/mol. The van der Waals surface area contributed by atoms with Crippen molar-refractivity contribution in [1.82, 2.24) is 9.88 Å². The lowest BCUT2D eigenvalue weighted by molar-refractivity contribution is -0.131. The molecule has 2 aliphatic rings. The number of anilines is 1. The van der Waals surface area contributed by atoms with Crippen LogP contribution in [0.5, 0.6) is 0 Å². The molecule has 2 aliphatic heterocycles. The predicted octanol–water partition coefficient (Wildman–Crippen LogP) is 2.43. The topological polar surface area (TPSA) is 109 Å². The van der Waals surface area contributed by atoms with Gasteiger partial charge in [-0.1, -0.05) is 42.5 Å². The molecular formula is C24H20N4O4S. The van der Waals surface area contributed by atoms with Gasteiger partial charge >= 0.3 is 0 Å². The number of likely N-dealkylation sites (tertiary alicyclic amines) is 1. The van der Waals surface area contributed by atoms with Crippen molar-refractivity contribution in [3.05, 3.63) is 90.3 Å². The molecular weight excluding hydrogens is 440 g/mol. The number of rotatable bonds is 5. The van der Waals surface area contributed by atoms with E-state index in [4.69, 9.17) is 0 Å². The molecule has 166 valence electrons. The van der Waals surface area contributed by atoms with E-state index in [2.05, 4.69) is 14.7 Å². The zero-order valence-corrected chi connectivity index (χ0v) is 18.3. The second-order valence-corrected chi connectivity index (χ2v) is 9.51. The van der Waals surface area contributed by atoms with Crippen LogP contribution in [0, 0.1) is 5.92 Å². The molecule has 1 saturated heterocycles. The number of para-hydroxylation sites is 1. The van der Waals surface area contributed by atoms with Gasteiger partial charge in [0.2, 0.25) is 5.91 Å². The number of amides is 1. The first kappa shape index (κ1) is 21.0. The van der Waals surface area contributed by atoms with E-state index in [0.29, 0.717) is 12.1 Å². The van der Waals surface area contributed by atoms with Gasteiger partial charge in [-0.05, 0) is 35.4 Å². The lowest BCUT2D eigenvalue weighted by atomic mass is 9.97. The molecule has 8 nitrogen and oxygen atoms in total. The monoisotopic (exact) mass is 460 g/mol. The standard InChI is InChI=1S/C24H20N4O4S/c29-22-19(14-16-6-2-1-3-7-16)28(15-17-10-12-25-13-11-17)24(30)21(22)23-26-18-8-4-5-9-20(18)33(31,32)27-23/h1-13,19,21H,14-15H2,(H,26,27)/t19-,21?/m0/s1. The van der Waals surface area contributed by atoms with Crippen molar-refractivity contribution in [3.63, 3.8) is 0 Å². The number of nitrogens with one attached hydrogen (secondary N) is 1. The van der Waals surface area contributed by atoms with Crippen LogP contribution < -0.4 is 5.32 Å². The quantitative estimate of drug-likeness (QED) is 0.586. The number of hydrogen-bond donors (Lipinski definition) is 1. The summed E-state index contributed by atoms with van der Waals surface area (Å²) in [5.41, 5.74) is 2.03. The van der Waals surface area contributed by atoms with E-state index < -0.39 is 27.9 Å². The molecule has 0 bridgehead atoms. The molecule has 0 aliphatic carbocycles. The summed E-state index contributed by atoms with van der Waals surface area (Å²) < 4.78 is 29.3. The molecule has 0 radical (unpaired) electrons. The number of pyridine rings is 1. The molecule has 1 amide bonds. The third-order valence-corrected chi connectivity index (χ3v) is 7.16. The maximum Gasteiger partial charge on any atom is 0.286 e. The Morgan fingerprint density at radius 1 is 0.879 bits per heavy atom. The van der Waals surface area contributed by atoms with Crippen molar-refractivity contribution < 1.29 is 18.0 Å². The maximum absolute atomic E-state index is 13.6. The van der Waals surface area contributed by atoms with Crippen molar-refractivity contribution in [1.29, 1.82) is 0 Å². The molecule has 3 heterocycles. The second-order valence-electron chi connectivity index (χ2n) is 7.94. The van der Waals surface area contributed by atoms with Crippen LogP contribution in [0.1, 0.15) is 11.1 Å². The first-order valence-electron chi connectivity index (χ1n) is 10.4. The van der Waals surface area contributed by atoms with E-state index in [0.717, 1.165) is 11.1 Å². The smallest absolute Gasteiger partial charge is 0.286 e. The number of aromatic nitrogens is 1. The van der Waals surface area contributed by atoms with Gasteiger partial charge in [0.25, 0.3) is 10.0 Å². The first-order chi connectivity index (χ1) is 15.9.